The van der Waals surface area contributed by atoms with Crippen molar-refractivity contribution in [1.82, 2.24) is 14.9 Å². The molecule has 2 atom stereocenters. The molecular formula is C18H24BrN3O2. The summed E-state index contributed by atoms with van der Waals surface area (Å²) in [5.74, 6) is 2.66. The van der Waals surface area contributed by atoms with Gasteiger partial charge in [-0.3, -0.25) is 4.90 Å². The Bertz CT molecular complexity index is 699. The zero-order valence-electron chi connectivity index (χ0n) is 13.7. The summed E-state index contributed by atoms with van der Waals surface area (Å²) >= 11 is 3.50. The standard InChI is InChI=1S/C18H24BrN3O2/c19-14-1-2-16-17(7-14)21-18(20-16)10-22-8-13(11-23)15(9-22)12-3-5-24-6-4-12/h1-2,7,12-13,15,23H,3-6,8-11H2,(H,20,21)/t13-,15-/m0/s1. The van der Waals surface area contributed by atoms with Crippen molar-refractivity contribution in [2.75, 3.05) is 32.9 Å². The van der Waals surface area contributed by atoms with E-state index in [1.54, 1.807) is 0 Å². The number of hydrogen-bond acceptors (Lipinski definition) is 4. The number of hydrogen-bond donors (Lipinski definition) is 2. The van der Waals surface area contributed by atoms with E-state index in [1.807, 2.05) is 12.1 Å². The normalized spacial score (nSPS) is 26.4. The zero-order valence-corrected chi connectivity index (χ0v) is 15.3. The molecule has 0 saturated carbocycles. The molecular weight excluding hydrogens is 370 g/mol. The smallest absolute Gasteiger partial charge is 0.121 e. The highest BCUT2D eigenvalue weighted by Gasteiger charge is 2.38. The van der Waals surface area contributed by atoms with Crippen molar-refractivity contribution in [2.24, 2.45) is 17.8 Å². The summed E-state index contributed by atoms with van der Waals surface area (Å²) in [5.41, 5.74) is 2.07. The molecule has 0 aliphatic carbocycles. The lowest BCUT2D eigenvalue weighted by atomic mass is 9.80. The third-order valence-electron chi connectivity index (χ3n) is 5.54. The third kappa shape index (κ3) is 3.38. The monoisotopic (exact) mass is 393 g/mol. The van der Waals surface area contributed by atoms with Gasteiger partial charge in [0, 0.05) is 37.4 Å². The second kappa shape index (κ2) is 7.12. The Balaban J connectivity index is 1.45. The van der Waals surface area contributed by atoms with Crippen LogP contribution in [0.5, 0.6) is 0 Å². The molecule has 3 heterocycles. The van der Waals surface area contributed by atoms with E-state index in [1.165, 1.54) is 0 Å². The summed E-state index contributed by atoms with van der Waals surface area (Å²) in [6, 6.07) is 6.12. The van der Waals surface area contributed by atoms with E-state index < -0.39 is 0 Å². The minimum absolute atomic E-state index is 0.283. The van der Waals surface area contributed by atoms with Crippen LogP contribution in [0.1, 0.15) is 18.7 Å². The van der Waals surface area contributed by atoms with Gasteiger partial charge in [-0.1, -0.05) is 15.9 Å². The van der Waals surface area contributed by atoms with Crippen molar-refractivity contribution < 1.29 is 9.84 Å². The predicted octanol–water partition coefficient (Wildman–Crippen LogP) is 2.79. The number of aromatic amines is 1. The summed E-state index contributed by atoms with van der Waals surface area (Å²) in [4.78, 5) is 10.6. The van der Waals surface area contributed by atoms with Crippen LogP contribution in [0, 0.1) is 17.8 Å². The molecule has 4 rings (SSSR count). The summed E-state index contributed by atoms with van der Waals surface area (Å²) in [5, 5.41) is 9.81. The second-order valence-corrected chi connectivity index (χ2v) is 8.01. The molecule has 0 amide bonds. The lowest BCUT2D eigenvalue weighted by molar-refractivity contribution is 0.0352. The lowest BCUT2D eigenvalue weighted by Crippen LogP contribution is -2.30. The molecule has 0 bridgehead atoms. The topological polar surface area (TPSA) is 61.4 Å². The van der Waals surface area contributed by atoms with E-state index in [-0.39, 0.29) is 6.61 Å². The van der Waals surface area contributed by atoms with Crippen LogP contribution >= 0.6 is 15.9 Å². The molecule has 1 aromatic carbocycles. The first-order valence-corrected chi connectivity index (χ1v) is 9.57. The fourth-order valence-electron chi connectivity index (χ4n) is 4.31. The number of nitrogens with zero attached hydrogens (tertiary/aromatic N) is 2. The number of halogens is 1. The van der Waals surface area contributed by atoms with Crippen molar-refractivity contribution in [3.05, 3.63) is 28.5 Å². The van der Waals surface area contributed by atoms with E-state index in [0.717, 1.165) is 67.0 Å². The first-order chi connectivity index (χ1) is 11.7. The molecule has 2 aliphatic heterocycles. The SMILES string of the molecule is OC[C@@H]1CN(Cc2nc3ccc(Br)cc3[nH]2)C[C@H]1C1CCOCC1. The molecule has 2 aromatic rings. The number of H-pyrrole nitrogens is 1. The molecule has 6 heteroatoms. The Morgan fingerprint density at radius 3 is 2.92 bits per heavy atom. The maximum absolute atomic E-state index is 9.81. The molecule has 1 aromatic heterocycles. The molecule has 24 heavy (non-hydrogen) atoms. The van der Waals surface area contributed by atoms with Crippen LogP contribution in [0.2, 0.25) is 0 Å². The number of imidazole rings is 1. The number of aliphatic hydroxyl groups is 1. The summed E-state index contributed by atoms with van der Waals surface area (Å²) in [6.45, 7) is 4.86. The van der Waals surface area contributed by atoms with Crippen molar-refractivity contribution in [3.63, 3.8) is 0 Å². The van der Waals surface area contributed by atoms with E-state index in [2.05, 4.69) is 31.9 Å². The van der Waals surface area contributed by atoms with Gasteiger partial charge in [0.1, 0.15) is 5.82 Å². The first kappa shape index (κ1) is 16.5. The van der Waals surface area contributed by atoms with Gasteiger partial charge in [0.05, 0.1) is 17.6 Å². The van der Waals surface area contributed by atoms with Crippen LogP contribution in [-0.4, -0.2) is 52.9 Å². The number of fused-ring (bicyclic) bond motifs is 1. The highest BCUT2D eigenvalue weighted by Crippen LogP contribution is 2.35. The van der Waals surface area contributed by atoms with Crippen LogP contribution < -0.4 is 0 Å². The summed E-state index contributed by atoms with van der Waals surface area (Å²) in [7, 11) is 0. The highest BCUT2D eigenvalue weighted by molar-refractivity contribution is 9.10. The Morgan fingerprint density at radius 1 is 1.29 bits per heavy atom. The quantitative estimate of drug-likeness (QED) is 0.838. The molecule has 130 valence electrons. The Morgan fingerprint density at radius 2 is 2.12 bits per heavy atom. The third-order valence-corrected chi connectivity index (χ3v) is 6.03. The number of likely N-dealkylation sites (tertiary alicyclic amines) is 1. The van der Waals surface area contributed by atoms with Gasteiger partial charge in [0.2, 0.25) is 0 Å². The van der Waals surface area contributed by atoms with E-state index in [9.17, 15) is 5.11 Å². The lowest BCUT2D eigenvalue weighted by Gasteiger charge is -2.30. The van der Waals surface area contributed by atoms with Gasteiger partial charge in [-0.2, -0.15) is 0 Å². The van der Waals surface area contributed by atoms with Gasteiger partial charge < -0.3 is 14.8 Å². The first-order valence-electron chi connectivity index (χ1n) is 8.78. The van der Waals surface area contributed by atoms with Crippen LogP contribution in [0.25, 0.3) is 11.0 Å². The van der Waals surface area contributed by atoms with Gasteiger partial charge in [-0.05, 0) is 48.8 Å². The van der Waals surface area contributed by atoms with Gasteiger partial charge in [-0.25, -0.2) is 4.98 Å². The van der Waals surface area contributed by atoms with Gasteiger partial charge in [0.25, 0.3) is 0 Å². The Labute approximate surface area is 150 Å². The minimum Gasteiger partial charge on any atom is -0.396 e. The molecule has 2 N–H and O–H groups in total. The van der Waals surface area contributed by atoms with Gasteiger partial charge >= 0.3 is 0 Å². The Hall–Kier alpha value is -0.950. The van der Waals surface area contributed by atoms with Crippen LogP contribution in [-0.2, 0) is 11.3 Å². The predicted molar refractivity (Wildman–Crippen MR) is 96.7 cm³/mol. The number of benzene rings is 1. The number of nitrogens with one attached hydrogen (secondary N) is 1. The van der Waals surface area contributed by atoms with Crippen LogP contribution in [0.3, 0.4) is 0 Å². The average Bonchev–Trinajstić information content (AvgIpc) is 3.18. The molecule has 2 aliphatic rings. The fraction of sp³-hybridized carbons (Fsp3) is 0.611. The van der Waals surface area contributed by atoms with Gasteiger partial charge in [0.15, 0.2) is 0 Å². The second-order valence-electron chi connectivity index (χ2n) is 7.10. The van der Waals surface area contributed by atoms with E-state index >= 15 is 0 Å². The van der Waals surface area contributed by atoms with Crippen molar-refractivity contribution in [1.29, 1.82) is 0 Å². The summed E-state index contributed by atoms with van der Waals surface area (Å²) < 4.78 is 6.56. The molecule has 0 unspecified atom stereocenters. The van der Waals surface area contributed by atoms with E-state index in [0.29, 0.717) is 17.8 Å². The average molecular weight is 394 g/mol. The van der Waals surface area contributed by atoms with Crippen LogP contribution in [0.4, 0.5) is 0 Å². The fourth-order valence-corrected chi connectivity index (χ4v) is 4.67. The number of aromatic nitrogens is 2. The van der Waals surface area contributed by atoms with Crippen molar-refractivity contribution in [2.45, 2.75) is 19.4 Å². The van der Waals surface area contributed by atoms with Crippen molar-refractivity contribution in [3.8, 4) is 0 Å². The number of ether oxygens (including phenoxy) is 1. The molecule has 0 spiro atoms. The van der Waals surface area contributed by atoms with Crippen molar-refractivity contribution >= 4 is 27.0 Å². The van der Waals surface area contributed by atoms with Crippen LogP contribution in [0.15, 0.2) is 22.7 Å². The van der Waals surface area contributed by atoms with E-state index in [4.69, 9.17) is 9.72 Å². The maximum Gasteiger partial charge on any atom is 0.121 e. The molecule has 5 nitrogen and oxygen atoms in total. The maximum atomic E-state index is 9.81. The molecule has 2 saturated heterocycles. The zero-order chi connectivity index (χ0) is 16.5. The minimum atomic E-state index is 0.283. The molecule has 2 fully saturated rings. The summed E-state index contributed by atoms with van der Waals surface area (Å²) in [6.07, 6.45) is 2.27. The molecule has 0 radical (unpaired) electrons. The number of rotatable bonds is 4. The van der Waals surface area contributed by atoms with Gasteiger partial charge in [-0.15, -0.1) is 0 Å². The Kier molecular flexibility index (Phi) is 4.90. The largest absolute Gasteiger partial charge is 0.396 e. The highest BCUT2D eigenvalue weighted by atomic mass is 79.9. The number of aliphatic hydroxyl groups excluding tert-OH is 1.